The summed E-state index contributed by atoms with van der Waals surface area (Å²) in [5.74, 6) is 0. The topological polar surface area (TPSA) is 0 Å². The molecule has 0 spiro atoms. The molecule has 0 atom stereocenters. The SMILES string of the molecule is C=CC=CCc1cccs1. The van der Waals surface area contributed by atoms with E-state index in [0.717, 1.165) is 6.42 Å². The Hall–Kier alpha value is -0.820. The van der Waals surface area contributed by atoms with Crippen LogP contribution in [0.4, 0.5) is 0 Å². The second-order valence-electron chi connectivity index (χ2n) is 1.95. The minimum absolute atomic E-state index is 1.03. The van der Waals surface area contributed by atoms with Gasteiger partial charge in [0.1, 0.15) is 0 Å². The monoisotopic (exact) mass is 150 g/mol. The summed E-state index contributed by atoms with van der Waals surface area (Å²) in [5.41, 5.74) is 0. The molecule has 0 amide bonds. The normalized spacial score (nSPS) is 10.4. The lowest BCUT2D eigenvalue weighted by molar-refractivity contribution is 1.34. The highest BCUT2D eigenvalue weighted by molar-refractivity contribution is 7.09. The van der Waals surface area contributed by atoms with Gasteiger partial charge in [0.15, 0.2) is 0 Å². The summed E-state index contributed by atoms with van der Waals surface area (Å²) in [4.78, 5) is 1.40. The van der Waals surface area contributed by atoms with Crippen LogP contribution in [-0.4, -0.2) is 0 Å². The average Bonchev–Trinajstić information content (AvgIpc) is 2.41. The first-order valence-corrected chi connectivity index (χ1v) is 4.11. The van der Waals surface area contributed by atoms with Crippen LogP contribution in [0, 0.1) is 0 Å². The van der Waals surface area contributed by atoms with Gasteiger partial charge in [0, 0.05) is 11.3 Å². The lowest BCUT2D eigenvalue weighted by Crippen LogP contribution is -1.68. The number of hydrogen-bond acceptors (Lipinski definition) is 1. The first-order chi connectivity index (χ1) is 4.93. The zero-order valence-electron chi connectivity index (χ0n) is 5.79. The van der Waals surface area contributed by atoms with Crippen molar-refractivity contribution in [1.29, 1.82) is 0 Å². The van der Waals surface area contributed by atoms with Crippen LogP contribution in [0.25, 0.3) is 0 Å². The predicted octanol–water partition coefficient (Wildman–Crippen LogP) is 3.03. The fourth-order valence-corrected chi connectivity index (χ4v) is 1.39. The van der Waals surface area contributed by atoms with Crippen LogP contribution >= 0.6 is 11.3 Å². The number of allylic oxidation sites excluding steroid dienone is 3. The molecule has 0 radical (unpaired) electrons. The second kappa shape index (κ2) is 4.07. The molecule has 0 saturated carbocycles. The summed E-state index contributed by atoms with van der Waals surface area (Å²) in [5, 5.41) is 2.09. The molecule has 1 rings (SSSR count). The molecule has 0 aliphatic heterocycles. The highest BCUT2D eigenvalue weighted by Crippen LogP contribution is 2.08. The van der Waals surface area contributed by atoms with Crippen molar-refractivity contribution in [2.24, 2.45) is 0 Å². The minimum atomic E-state index is 1.03. The second-order valence-corrected chi connectivity index (χ2v) is 2.98. The lowest BCUT2D eigenvalue weighted by Gasteiger charge is -1.83. The molecule has 0 aromatic carbocycles. The van der Waals surface area contributed by atoms with Crippen molar-refractivity contribution in [3.05, 3.63) is 47.2 Å². The van der Waals surface area contributed by atoms with E-state index >= 15 is 0 Å². The molecule has 0 unspecified atom stereocenters. The Bertz CT molecular complexity index is 207. The third-order valence-corrected chi connectivity index (χ3v) is 2.07. The van der Waals surface area contributed by atoms with Gasteiger partial charge in [-0.05, 0) is 11.4 Å². The Balaban J connectivity index is 2.41. The van der Waals surface area contributed by atoms with E-state index in [4.69, 9.17) is 0 Å². The molecular weight excluding hydrogens is 140 g/mol. The molecule has 0 fully saturated rings. The Morgan fingerprint density at radius 3 is 3.10 bits per heavy atom. The fraction of sp³-hybridized carbons (Fsp3) is 0.111. The summed E-state index contributed by atoms with van der Waals surface area (Å²) in [6.45, 7) is 3.60. The van der Waals surface area contributed by atoms with Crippen molar-refractivity contribution in [3.63, 3.8) is 0 Å². The van der Waals surface area contributed by atoms with Crippen molar-refractivity contribution in [2.45, 2.75) is 6.42 Å². The van der Waals surface area contributed by atoms with Crippen LogP contribution in [0.3, 0.4) is 0 Å². The molecule has 1 aromatic rings. The van der Waals surface area contributed by atoms with E-state index in [9.17, 15) is 0 Å². The maximum absolute atomic E-state index is 3.60. The van der Waals surface area contributed by atoms with E-state index in [-0.39, 0.29) is 0 Å². The largest absolute Gasteiger partial charge is 0.149 e. The van der Waals surface area contributed by atoms with Gasteiger partial charge in [-0.2, -0.15) is 0 Å². The highest BCUT2D eigenvalue weighted by Gasteiger charge is 1.85. The predicted molar refractivity (Wildman–Crippen MR) is 47.4 cm³/mol. The summed E-state index contributed by atoms with van der Waals surface area (Å²) >= 11 is 1.79. The van der Waals surface area contributed by atoms with Crippen molar-refractivity contribution in [2.75, 3.05) is 0 Å². The van der Waals surface area contributed by atoms with E-state index < -0.39 is 0 Å². The molecule has 1 aromatic heterocycles. The van der Waals surface area contributed by atoms with E-state index in [0.29, 0.717) is 0 Å². The molecule has 0 aliphatic carbocycles. The van der Waals surface area contributed by atoms with Gasteiger partial charge < -0.3 is 0 Å². The smallest absolute Gasteiger partial charge is 0.00829 e. The Kier molecular flexibility index (Phi) is 2.97. The molecule has 52 valence electrons. The first kappa shape index (κ1) is 7.29. The lowest BCUT2D eigenvalue weighted by atomic mass is 10.3. The zero-order chi connectivity index (χ0) is 7.23. The van der Waals surface area contributed by atoms with E-state index in [1.165, 1.54) is 4.88 Å². The van der Waals surface area contributed by atoms with Crippen LogP contribution < -0.4 is 0 Å². The van der Waals surface area contributed by atoms with Crippen molar-refractivity contribution < 1.29 is 0 Å². The molecule has 0 nitrogen and oxygen atoms in total. The fourth-order valence-electron chi connectivity index (χ4n) is 0.709. The quantitative estimate of drug-likeness (QED) is 0.581. The molecule has 10 heavy (non-hydrogen) atoms. The summed E-state index contributed by atoms with van der Waals surface area (Å²) < 4.78 is 0. The van der Waals surface area contributed by atoms with Crippen LogP contribution in [0.1, 0.15) is 4.88 Å². The van der Waals surface area contributed by atoms with Crippen LogP contribution in [-0.2, 0) is 6.42 Å². The van der Waals surface area contributed by atoms with Crippen LogP contribution in [0.5, 0.6) is 0 Å². The van der Waals surface area contributed by atoms with Gasteiger partial charge in [-0.25, -0.2) is 0 Å². The number of hydrogen-bond donors (Lipinski definition) is 0. The Labute approximate surface area is 65.5 Å². The molecule has 0 bridgehead atoms. The van der Waals surface area contributed by atoms with E-state index in [1.54, 1.807) is 17.4 Å². The van der Waals surface area contributed by atoms with Gasteiger partial charge >= 0.3 is 0 Å². The number of rotatable bonds is 3. The van der Waals surface area contributed by atoms with Gasteiger partial charge in [-0.3, -0.25) is 0 Å². The summed E-state index contributed by atoms with van der Waals surface area (Å²) in [7, 11) is 0. The molecule has 0 saturated heterocycles. The molecule has 0 N–H and O–H groups in total. The van der Waals surface area contributed by atoms with E-state index in [1.807, 2.05) is 6.08 Å². The first-order valence-electron chi connectivity index (χ1n) is 3.23. The molecule has 1 heteroatoms. The minimum Gasteiger partial charge on any atom is -0.149 e. The molecular formula is C9H10S. The third-order valence-electron chi connectivity index (χ3n) is 1.17. The highest BCUT2D eigenvalue weighted by atomic mass is 32.1. The summed E-state index contributed by atoms with van der Waals surface area (Å²) in [6, 6.07) is 4.21. The summed E-state index contributed by atoms with van der Waals surface area (Å²) in [6.07, 6.45) is 6.91. The van der Waals surface area contributed by atoms with Gasteiger partial charge in [0.2, 0.25) is 0 Å². The van der Waals surface area contributed by atoms with Crippen LogP contribution in [0.2, 0.25) is 0 Å². The van der Waals surface area contributed by atoms with Crippen molar-refractivity contribution in [3.8, 4) is 0 Å². The van der Waals surface area contributed by atoms with Gasteiger partial charge in [-0.1, -0.05) is 30.9 Å². The van der Waals surface area contributed by atoms with Gasteiger partial charge in [0.05, 0.1) is 0 Å². The third kappa shape index (κ3) is 2.19. The zero-order valence-corrected chi connectivity index (χ0v) is 6.60. The van der Waals surface area contributed by atoms with Gasteiger partial charge in [-0.15, -0.1) is 11.3 Å². The van der Waals surface area contributed by atoms with Crippen LogP contribution in [0.15, 0.2) is 42.3 Å². The van der Waals surface area contributed by atoms with Crippen molar-refractivity contribution in [1.82, 2.24) is 0 Å². The van der Waals surface area contributed by atoms with Gasteiger partial charge in [0.25, 0.3) is 0 Å². The standard InChI is InChI=1S/C9H10S/c1-2-3-4-6-9-7-5-8-10-9/h2-5,7-8H,1,6H2. The Morgan fingerprint density at radius 2 is 2.50 bits per heavy atom. The number of thiophene rings is 1. The van der Waals surface area contributed by atoms with E-state index in [2.05, 4.69) is 30.2 Å². The maximum Gasteiger partial charge on any atom is 0.00829 e. The van der Waals surface area contributed by atoms with Crippen molar-refractivity contribution >= 4 is 11.3 Å². The molecule has 1 heterocycles. The maximum atomic E-state index is 3.60. The average molecular weight is 150 g/mol. The molecule has 0 aliphatic rings. The Morgan fingerprint density at radius 1 is 1.60 bits per heavy atom.